The summed E-state index contributed by atoms with van der Waals surface area (Å²) in [6, 6.07) is 11.3. The number of para-hydroxylation sites is 2. The Hall–Kier alpha value is -3.27. The van der Waals surface area contributed by atoms with Gasteiger partial charge < -0.3 is 21.1 Å². The number of nitrogens with one attached hydrogen (secondary N) is 3. The molecule has 0 heterocycles. The van der Waals surface area contributed by atoms with E-state index in [1.807, 2.05) is 0 Å². The Balaban J connectivity index is 2.09. The number of methoxy groups -OCH3 is 1. The number of sulfonamides is 1. The minimum Gasteiger partial charge on any atom is -0.495 e. The molecule has 0 spiro atoms. The number of carbonyl (C=O) groups excluding carboxylic acids is 2. The molecule has 0 fully saturated rings. The zero-order valence-corrected chi connectivity index (χ0v) is 14.7. The second kappa shape index (κ2) is 8.21. The van der Waals surface area contributed by atoms with Crippen LogP contribution in [0.4, 0.5) is 16.2 Å². The summed E-state index contributed by atoms with van der Waals surface area (Å²) in [4.78, 5) is 22.2. The lowest BCUT2D eigenvalue weighted by atomic mass is 10.3. The first-order valence-electron chi connectivity index (χ1n) is 7.41. The van der Waals surface area contributed by atoms with Crippen molar-refractivity contribution in [3.05, 3.63) is 48.5 Å². The summed E-state index contributed by atoms with van der Waals surface area (Å²) < 4.78 is 32.5. The summed E-state index contributed by atoms with van der Waals surface area (Å²) >= 11 is 0. The molecule has 3 amide bonds. The van der Waals surface area contributed by atoms with Gasteiger partial charge in [0.25, 0.3) is 10.0 Å². The molecule has 2 rings (SSSR count). The molecule has 26 heavy (non-hydrogen) atoms. The van der Waals surface area contributed by atoms with Gasteiger partial charge in [0.1, 0.15) is 5.75 Å². The zero-order chi connectivity index (χ0) is 19.2. The average molecular weight is 378 g/mol. The number of urea groups is 1. The lowest BCUT2D eigenvalue weighted by Crippen LogP contribution is -2.36. The lowest BCUT2D eigenvalue weighted by Gasteiger charge is -2.12. The number of ether oxygens (including phenoxy) is 1. The van der Waals surface area contributed by atoms with Crippen molar-refractivity contribution >= 4 is 33.3 Å². The van der Waals surface area contributed by atoms with Gasteiger partial charge in [-0.15, -0.1) is 0 Å². The van der Waals surface area contributed by atoms with Gasteiger partial charge >= 0.3 is 6.03 Å². The van der Waals surface area contributed by atoms with E-state index >= 15 is 0 Å². The van der Waals surface area contributed by atoms with Crippen molar-refractivity contribution in [1.29, 1.82) is 0 Å². The summed E-state index contributed by atoms with van der Waals surface area (Å²) in [6.45, 7) is -0.287. The van der Waals surface area contributed by atoms with Crippen molar-refractivity contribution in [2.24, 2.45) is 5.73 Å². The van der Waals surface area contributed by atoms with Gasteiger partial charge in [-0.25, -0.2) is 13.2 Å². The Morgan fingerprint density at radius 1 is 1.08 bits per heavy atom. The third kappa shape index (κ3) is 5.11. The van der Waals surface area contributed by atoms with Crippen LogP contribution in [0.1, 0.15) is 0 Å². The summed E-state index contributed by atoms with van der Waals surface area (Å²) in [6.07, 6.45) is 0. The van der Waals surface area contributed by atoms with E-state index in [1.165, 1.54) is 31.4 Å². The second-order valence-corrected chi connectivity index (χ2v) is 6.78. The maximum atomic E-state index is 12.5. The first-order chi connectivity index (χ1) is 12.3. The van der Waals surface area contributed by atoms with E-state index in [-0.39, 0.29) is 11.4 Å². The highest BCUT2D eigenvalue weighted by Gasteiger charge is 2.16. The number of rotatable bonds is 7. The largest absolute Gasteiger partial charge is 0.495 e. The van der Waals surface area contributed by atoms with Crippen LogP contribution in [0.5, 0.6) is 5.75 Å². The monoisotopic (exact) mass is 378 g/mol. The smallest absolute Gasteiger partial charge is 0.312 e. The number of anilines is 2. The van der Waals surface area contributed by atoms with Gasteiger partial charge in [-0.05, 0) is 36.4 Å². The number of hydrogen-bond donors (Lipinski definition) is 4. The van der Waals surface area contributed by atoms with Crippen LogP contribution in [0.2, 0.25) is 0 Å². The highest BCUT2D eigenvalue weighted by atomic mass is 32.2. The minimum absolute atomic E-state index is 0.0108. The molecular weight excluding hydrogens is 360 g/mol. The molecule has 5 N–H and O–H groups in total. The van der Waals surface area contributed by atoms with E-state index in [0.717, 1.165) is 0 Å². The molecule has 0 atom stereocenters. The van der Waals surface area contributed by atoms with E-state index in [4.69, 9.17) is 10.5 Å². The topological polar surface area (TPSA) is 140 Å². The van der Waals surface area contributed by atoms with Gasteiger partial charge in [-0.2, -0.15) is 0 Å². The van der Waals surface area contributed by atoms with Crippen LogP contribution >= 0.6 is 0 Å². The average Bonchev–Trinajstić information content (AvgIpc) is 2.60. The molecule has 0 aliphatic carbocycles. The molecule has 0 saturated heterocycles. The molecule has 2 aromatic rings. The van der Waals surface area contributed by atoms with Crippen LogP contribution < -0.4 is 25.8 Å². The van der Waals surface area contributed by atoms with Gasteiger partial charge in [0.05, 0.1) is 24.2 Å². The highest BCUT2D eigenvalue weighted by molar-refractivity contribution is 7.92. The highest BCUT2D eigenvalue weighted by Crippen LogP contribution is 2.26. The molecule has 0 aliphatic heterocycles. The summed E-state index contributed by atoms with van der Waals surface area (Å²) in [5, 5.41) is 4.65. The fourth-order valence-corrected chi connectivity index (χ4v) is 3.09. The van der Waals surface area contributed by atoms with E-state index in [9.17, 15) is 18.0 Å². The van der Waals surface area contributed by atoms with Crippen molar-refractivity contribution in [2.75, 3.05) is 23.7 Å². The van der Waals surface area contributed by atoms with Gasteiger partial charge in [0.2, 0.25) is 5.91 Å². The van der Waals surface area contributed by atoms with Crippen LogP contribution in [0.15, 0.2) is 53.4 Å². The third-order valence-corrected chi connectivity index (χ3v) is 4.60. The van der Waals surface area contributed by atoms with Crippen molar-refractivity contribution in [1.82, 2.24) is 5.32 Å². The van der Waals surface area contributed by atoms with Gasteiger partial charge in [-0.1, -0.05) is 12.1 Å². The number of primary amides is 1. The molecule has 0 aliphatic rings. The van der Waals surface area contributed by atoms with Crippen LogP contribution in [-0.2, 0) is 14.8 Å². The Kier molecular flexibility index (Phi) is 6.02. The number of nitrogens with two attached hydrogens (primary N) is 1. The summed E-state index contributed by atoms with van der Waals surface area (Å²) in [5.74, 6) is -0.103. The normalized spacial score (nSPS) is 10.7. The predicted octanol–water partition coefficient (Wildman–Crippen LogP) is 1.10. The molecule has 0 saturated carbocycles. The minimum atomic E-state index is -3.83. The standard InChI is InChI=1S/C16H18N4O5S/c1-25-14-5-3-2-4-13(14)20-26(23,24)12-8-6-11(7-9-12)19-15(21)10-18-16(17)22/h2-9,20H,10H2,1H3,(H,19,21)(H3,17,18,22). The van der Waals surface area contributed by atoms with Crippen LogP contribution in [0.25, 0.3) is 0 Å². The Labute approximate surface area is 150 Å². The maximum absolute atomic E-state index is 12.5. The van der Waals surface area contributed by atoms with Crippen LogP contribution in [0, 0.1) is 0 Å². The molecule has 10 heteroatoms. The Morgan fingerprint density at radius 3 is 2.35 bits per heavy atom. The lowest BCUT2D eigenvalue weighted by molar-refractivity contribution is -0.115. The van der Waals surface area contributed by atoms with E-state index in [2.05, 4.69) is 15.4 Å². The molecule has 9 nitrogen and oxygen atoms in total. The van der Waals surface area contributed by atoms with Gasteiger partial charge in [0, 0.05) is 5.69 Å². The van der Waals surface area contributed by atoms with E-state index in [1.54, 1.807) is 24.3 Å². The molecule has 0 aromatic heterocycles. The van der Waals surface area contributed by atoms with E-state index < -0.39 is 22.0 Å². The molecule has 0 unspecified atom stereocenters. The second-order valence-electron chi connectivity index (χ2n) is 5.10. The Morgan fingerprint density at radius 2 is 1.73 bits per heavy atom. The number of benzene rings is 2. The molecular formula is C16H18N4O5S. The fraction of sp³-hybridized carbons (Fsp3) is 0.125. The number of carbonyl (C=O) groups is 2. The Bertz CT molecular complexity index is 897. The van der Waals surface area contributed by atoms with Crippen molar-refractivity contribution in [2.45, 2.75) is 4.90 Å². The summed E-state index contributed by atoms with van der Waals surface area (Å²) in [5.41, 5.74) is 5.56. The molecule has 0 radical (unpaired) electrons. The van der Waals surface area contributed by atoms with Crippen LogP contribution in [-0.4, -0.2) is 34.0 Å². The fourth-order valence-electron chi connectivity index (χ4n) is 2.02. The molecule has 138 valence electrons. The SMILES string of the molecule is COc1ccccc1NS(=O)(=O)c1ccc(NC(=O)CNC(N)=O)cc1. The number of hydrogen-bond acceptors (Lipinski definition) is 5. The van der Waals surface area contributed by atoms with Crippen molar-refractivity contribution in [3.8, 4) is 5.75 Å². The molecule has 0 bridgehead atoms. The number of amides is 3. The van der Waals surface area contributed by atoms with Crippen molar-refractivity contribution in [3.63, 3.8) is 0 Å². The third-order valence-electron chi connectivity index (χ3n) is 3.22. The van der Waals surface area contributed by atoms with Gasteiger partial charge in [-0.3, -0.25) is 9.52 Å². The van der Waals surface area contributed by atoms with Gasteiger partial charge in [0.15, 0.2) is 0 Å². The maximum Gasteiger partial charge on any atom is 0.312 e. The molecule has 2 aromatic carbocycles. The predicted molar refractivity (Wildman–Crippen MR) is 96.5 cm³/mol. The quantitative estimate of drug-likeness (QED) is 0.571. The summed E-state index contributed by atoms with van der Waals surface area (Å²) in [7, 11) is -2.39. The first kappa shape index (κ1) is 19.1. The zero-order valence-electron chi connectivity index (χ0n) is 13.9. The van der Waals surface area contributed by atoms with Crippen LogP contribution in [0.3, 0.4) is 0 Å². The van der Waals surface area contributed by atoms with Crippen molar-refractivity contribution < 1.29 is 22.7 Å². The first-order valence-corrected chi connectivity index (χ1v) is 8.89. The van der Waals surface area contributed by atoms with E-state index in [0.29, 0.717) is 17.1 Å².